The van der Waals surface area contributed by atoms with E-state index in [1.807, 2.05) is 4.72 Å². The van der Waals surface area contributed by atoms with E-state index in [0.717, 1.165) is 121 Å². The molecule has 0 saturated carbocycles. The number of carbonyl (C=O) groups is 3. The first kappa shape index (κ1) is 44.2. The van der Waals surface area contributed by atoms with Gasteiger partial charge in [0, 0.05) is 44.8 Å². The zero-order valence-corrected chi connectivity index (χ0v) is 35.6. The molecule has 4 aliphatic rings. The van der Waals surface area contributed by atoms with Crippen molar-refractivity contribution in [1.29, 1.82) is 0 Å². The molecule has 21 heteroatoms. The van der Waals surface area contributed by atoms with E-state index in [9.17, 15) is 31.2 Å². The molecule has 61 heavy (non-hydrogen) atoms. The predicted octanol–water partition coefficient (Wildman–Crippen LogP) is 3.22. The van der Waals surface area contributed by atoms with Crippen molar-refractivity contribution in [3.8, 4) is 0 Å². The van der Waals surface area contributed by atoms with Crippen LogP contribution in [0.25, 0.3) is 4.85 Å². The Morgan fingerprint density at radius 1 is 0.721 bits per heavy atom. The number of aryl methyl sites for hydroxylation is 6. The van der Waals surface area contributed by atoms with Crippen molar-refractivity contribution in [3.63, 3.8) is 0 Å². The van der Waals surface area contributed by atoms with E-state index in [4.69, 9.17) is 16.2 Å². The summed E-state index contributed by atoms with van der Waals surface area (Å²) in [5.41, 5.74) is 11.1. The summed E-state index contributed by atoms with van der Waals surface area (Å²) in [5.74, 6) is -0.463. The second-order valence-corrected chi connectivity index (χ2v) is 18.4. The third-order valence-electron chi connectivity index (χ3n) is 11.1. The summed E-state index contributed by atoms with van der Waals surface area (Å²) in [6.07, 6.45) is 13.5. The highest BCUT2D eigenvalue weighted by Crippen LogP contribution is 2.40. The minimum Gasteiger partial charge on any atom is -0.333 e. The Morgan fingerprint density at radius 3 is 1.54 bits per heavy atom. The third-order valence-corrected chi connectivity index (χ3v) is 13.5. The number of nitrogens with zero attached hydrogens (tertiary/aromatic N) is 6. The van der Waals surface area contributed by atoms with E-state index < -0.39 is 43.0 Å². The first-order valence-corrected chi connectivity index (χ1v) is 22.7. The molecule has 0 unspecified atom stereocenters. The van der Waals surface area contributed by atoms with Crippen LogP contribution in [0.4, 0.5) is 21.0 Å². The molecule has 0 bridgehead atoms. The van der Waals surface area contributed by atoms with Crippen LogP contribution in [-0.2, 0) is 95.1 Å². The van der Waals surface area contributed by atoms with Gasteiger partial charge in [-0.15, -0.1) is 0 Å². The van der Waals surface area contributed by atoms with Gasteiger partial charge in [0.1, 0.15) is 5.69 Å². The smallest absolute Gasteiger partial charge is 0.333 e. The summed E-state index contributed by atoms with van der Waals surface area (Å²) in [7, 11) is -3.68. The van der Waals surface area contributed by atoms with E-state index in [2.05, 4.69) is 42.5 Å². The molecule has 4 aliphatic carbocycles. The molecule has 2 heterocycles. The SMILES string of the molecule is Cn1ccc(S(=O)(=O)NC(=O)Nc2c3c(cc4c2CCC4)CCC3)n1.O=C=O.[C-]#[N+]CCN(C)C(=O)c1cc(S(=O)(=O)NC(=O)Nc2c3c(cc4c2CCC4)CCC3)nn1C. The molecule has 2 aromatic heterocycles. The number of anilines is 2. The molecule has 0 aliphatic heterocycles. The fourth-order valence-corrected chi connectivity index (χ4v) is 10.1. The monoisotopic (exact) mass is 874 g/mol. The average molecular weight is 875 g/mol. The summed E-state index contributed by atoms with van der Waals surface area (Å²) >= 11 is 0. The maximum atomic E-state index is 12.8. The number of rotatable bonds is 9. The lowest BCUT2D eigenvalue weighted by atomic mass is 9.99. The molecule has 5 amide bonds. The van der Waals surface area contributed by atoms with Gasteiger partial charge in [0.05, 0.1) is 6.54 Å². The molecule has 2 aromatic carbocycles. The van der Waals surface area contributed by atoms with Crippen LogP contribution in [0.15, 0.2) is 40.5 Å². The summed E-state index contributed by atoms with van der Waals surface area (Å²) < 4.78 is 56.8. The van der Waals surface area contributed by atoms with Crippen molar-refractivity contribution in [2.45, 2.75) is 87.1 Å². The molecule has 0 saturated heterocycles. The first-order chi connectivity index (χ1) is 29.1. The van der Waals surface area contributed by atoms with Crippen molar-refractivity contribution in [3.05, 3.63) is 92.1 Å². The van der Waals surface area contributed by atoms with Gasteiger partial charge in [-0.05, 0) is 128 Å². The molecular formula is C40H46N10O9S2. The van der Waals surface area contributed by atoms with Gasteiger partial charge in [-0.3, -0.25) is 14.2 Å². The molecule has 0 radical (unpaired) electrons. The molecule has 0 spiro atoms. The van der Waals surface area contributed by atoms with E-state index in [1.54, 1.807) is 7.05 Å². The number of likely N-dealkylation sites (N-methyl/N-ethyl adjacent to an activating group) is 1. The Balaban J connectivity index is 0.000000198. The quantitative estimate of drug-likeness (QED) is 0.178. The molecule has 8 rings (SSSR count). The van der Waals surface area contributed by atoms with Crippen LogP contribution >= 0.6 is 0 Å². The third kappa shape index (κ3) is 9.83. The molecule has 4 aromatic rings. The maximum absolute atomic E-state index is 12.8. The number of hydrogen-bond donors (Lipinski definition) is 4. The maximum Gasteiger partial charge on any atom is 0.373 e. The molecule has 322 valence electrons. The molecule has 0 fully saturated rings. The summed E-state index contributed by atoms with van der Waals surface area (Å²) in [6.45, 7) is 7.19. The summed E-state index contributed by atoms with van der Waals surface area (Å²) in [4.78, 5) is 58.4. The average Bonchev–Trinajstić information content (AvgIpc) is 4.06. The standard InChI is InChI=1S/C22H26N6O4S.C17H20N4O3S.CO2/c1-23-10-11-27(2)21(29)18-13-19(25-28(18)3)33(31,32)26-22(30)24-20-16-8-4-6-14(16)12-15-7-5-9-17(15)20;1-21-9-8-15(19-21)25(23,24)20-17(22)18-16-13-6-2-4-11(13)10-12-5-3-7-14(12)16;2-1-3/h12-13H,4-11H2,2-3H3,(H2,24,26,30);8-10H,2-7H2,1H3,(H2,18,20,22);. The van der Waals surface area contributed by atoms with Gasteiger partial charge in [0.2, 0.25) is 6.54 Å². The summed E-state index contributed by atoms with van der Waals surface area (Å²) in [5, 5.41) is 12.8. The van der Waals surface area contributed by atoms with Crippen molar-refractivity contribution in [1.82, 2.24) is 33.9 Å². The van der Waals surface area contributed by atoms with Gasteiger partial charge in [0.25, 0.3) is 26.0 Å². The van der Waals surface area contributed by atoms with Gasteiger partial charge in [0.15, 0.2) is 10.1 Å². The number of hydrogen-bond acceptors (Lipinski definition) is 11. The van der Waals surface area contributed by atoms with Crippen molar-refractivity contribution in [2.24, 2.45) is 14.1 Å². The normalized spacial score (nSPS) is 14.3. The van der Waals surface area contributed by atoms with Gasteiger partial charge in [-0.25, -0.2) is 25.6 Å². The highest BCUT2D eigenvalue weighted by Gasteiger charge is 2.30. The second-order valence-electron chi connectivity index (χ2n) is 15.1. The Kier molecular flexibility index (Phi) is 13.4. The number of aromatic nitrogens is 4. The number of nitrogens with one attached hydrogen (secondary N) is 4. The molecule has 19 nitrogen and oxygen atoms in total. The molecule has 0 atom stereocenters. The highest BCUT2D eigenvalue weighted by molar-refractivity contribution is 7.90. The number of sulfonamides is 2. The van der Waals surface area contributed by atoms with Gasteiger partial charge in [-0.1, -0.05) is 12.1 Å². The Hall–Kier alpha value is -6.36. The van der Waals surface area contributed by atoms with Crippen LogP contribution in [0.2, 0.25) is 0 Å². The second kappa shape index (κ2) is 18.5. The predicted molar refractivity (Wildman–Crippen MR) is 220 cm³/mol. The number of carbonyl (C=O) groups excluding carboxylic acids is 5. The van der Waals surface area contributed by atoms with Gasteiger partial charge >= 0.3 is 18.2 Å². The van der Waals surface area contributed by atoms with E-state index in [0.29, 0.717) is 0 Å². The minimum absolute atomic E-state index is 0.0435. The van der Waals surface area contributed by atoms with Crippen LogP contribution in [0.1, 0.15) is 80.7 Å². The van der Waals surface area contributed by atoms with Gasteiger partial charge < -0.3 is 20.4 Å². The number of amides is 5. The number of urea groups is 2. The van der Waals surface area contributed by atoms with Crippen molar-refractivity contribution in [2.75, 3.05) is 30.8 Å². The largest absolute Gasteiger partial charge is 0.373 e. The van der Waals surface area contributed by atoms with Crippen LogP contribution in [-0.4, -0.2) is 85.6 Å². The zero-order valence-electron chi connectivity index (χ0n) is 34.0. The molecular weight excluding hydrogens is 829 g/mol. The highest BCUT2D eigenvalue weighted by atomic mass is 32.2. The fraction of sp³-hybridized carbons (Fsp3) is 0.425. The Morgan fingerprint density at radius 2 is 1.15 bits per heavy atom. The van der Waals surface area contributed by atoms with Crippen LogP contribution in [0, 0.1) is 6.57 Å². The van der Waals surface area contributed by atoms with E-state index in [-0.39, 0.29) is 30.0 Å². The lowest BCUT2D eigenvalue weighted by Gasteiger charge is -2.16. The Bertz CT molecular complexity index is 2630. The van der Waals surface area contributed by atoms with Crippen molar-refractivity contribution >= 4 is 55.5 Å². The lowest BCUT2D eigenvalue weighted by molar-refractivity contribution is -0.191. The Labute approximate surface area is 353 Å². The topological polar surface area (TPSA) is 245 Å². The van der Waals surface area contributed by atoms with E-state index >= 15 is 0 Å². The minimum atomic E-state index is -4.30. The lowest BCUT2D eigenvalue weighted by Crippen LogP contribution is -2.35. The van der Waals surface area contributed by atoms with Crippen LogP contribution in [0.5, 0.6) is 0 Å². The number of benzene rings is 2. The van der Waals surface area contributed by atoms with Crippen molar-refractivity contribution < 1.29 is 40.8 Å². The number of fused-ring (bicyclic) bond motifs is 4. The van der Waals surface area contributed by atoms with Crippen LogP contribution in [0.3, 0.4) is 0 Å². The van der Waals surface area contributed by atoms with Crippen LogP contribution < -0.4 is 20.1 Å². The molecule has 4 N–H and O–H groups in total. The first-order valence-electron chi connectivity index (χ1n) is 19.7. The zero-order chi connectivity index (χ0) is 44.1. The van der Waals surface area contributed by atoms with Gasteiger partial charge in [-0.2, -0.15) is 36.6 Å². The fourth-order valence-electron chi connectivity index (χ4n) is 8.37. The van der Waals surface area contributed by atoms with E-state index in [1.165, 1.54) is 58.2 Å². The summed E-state index contributed by atoms with van der Waals surface area (Å²) in [6, 6.07) is 5.39.